The summed E-state index contributed by atoms with van der Waals surface area (Å²) in [5.74, 6) is -0.994. The van der Waals surface area contributed by atoms with Crippen molar-refractivity contribution in [3.8, 4) is 0 Å². The summed E-state index contributed by atoms with van der Waals surface area (Å²) in [6.07, 6.45) is 0. The van der Waals surface area contributed by atoms with Gasteiger partial charge in [0.2, 0.25) is 5.91 Å². The van der Waals surface area contributed by atoms with Crippen molar-refractivity contribution in [1.82, 2.24) is 4.90 Å². The first-order chi connectivity index (χ1) is 13.9. The number of anilines is 2. The number of hydrogen-bond donors (Lipinski definition) is 1. The minimum absolute atomic E-state index is 0.153. The third kappa shape index (κ3) is 3.45. The molecule has 1 fully saturated rings. The van der Waals surface area contributed by atoms with E-state index in [1.54, 1.807) is 37.4 Å². The third-order valence-electron chi connectivity index (χ3n) is 4.72. The highest BCUT2D eigenvalue weighted by Gasteiger charge is 2.41. The first-order valence-corrected chi connectivity index (χ1v) is 10.1. The number of hydrogen-bond acceptors (Lipinski definition) is 5. The van der Waals surface area contributed by atoms with Gasteiger partial charge in [0, 0.05) is 18.3 Å². The number of thioether (sulfide) groups is 1. The molecule has 2 aliphatic heterocycles. The molecule has 1 N–H and O–H groups in total. The van der Waals surface area contributed by atoms with E-state index in [0.29, 0.717) is 31.7 Å². The highest BCUT2D eigenvalue weighted by Crippen LogP contribution is 2.44. The van der Waals surface area contributed by atoms with E-state index in [4.69, 9.17) is 12.2 Å². The smallest absolute Gasteiger partial charge is 0.266 e. The molecule has 29 heavy (non-hydrogen) atoms. The van der Waals surface area contributed by atoms with E-state index in [9.17, 15) is 14.4 Å². The molecule has 0 aliphatic carbocycles. The van der Waals surface area contributed by atoms with Crippen LogP contribution in [0.2, 0.25) is 0 Å². The Kier molecular flexibility index (Phi) is 4.97. The van der Waals surface area contributed by atoms with Crippen LogP contribution in [0.3, 0.4) is 0 Å². The van der Waals surface area contributed by atoms with E-state index >= 15 is 0 Å². The van der Waals surface area contributed by atoms with E-state index in [-0.39, 0.29) is 24.3 Å². The van der Waals surface area contributed by atoms with Gasteiger partial charge in [-0.2, -0.15) is 0 Å². The van der Waals surface area contributed by atoms with Crippen molar-refractivity contribution in [3.05, 3.63) is 64.6 Å². The Morgan fingerprint density at radius 3 is 2.55 bits per heavy atom. The maximum Gasteiger partial charge on any atom is 0.266 e. The normalized spacial score (nSPS) is 18.5. The highest BCUT2D eigenvalue weighted by atomic mass is 32.2. The zero-order chi connectivity index (χ0) is 20.7. The largest absolute Gasteiger partial charge is 0.325 e. The van der Waals surface area contributed by atoms with Gasteiger partial charge < -0.3 is 5.32 Å². The Morgan fingerprint density at radius 1 is 1.10 bits per heavy atom. The number of amides is 3. The molecule has 2 aromatic carbocycles. The van der Waals surface area contributed by atoms with E-state index in [0.717, 1.165) is 17.3 Å². The maximum atomic E-state index is 13.2. The Hall–Kier alpha value is -2.97. The topological polar surface area (TPSA) is 69.7 Å². The molecule has 6 nitrogen and oxygen atoms in total. The van der Waals surface area contributed by atoms with E-state index in [1.165, 1.54) is 9.80 Å². The van der Waals surface area contributed by atoms with Gasteiger partial charge in [-0.25, -0.2) is 0 Å². The molecule has 0 bridgehead atoms. The van der Waals surface area contributed by atoms with Crippen molar-refractivity contribution in [2.24, 2.45) is 0 Å². The second-order valence-electron chi connectivity index (χ2n) is 6.76. The Bertz CT molecular complexity index is 1110. The van der Waals surface area contributed by atoms with E-state index in [2.05, 4.69) is 5.32 Å². The number of thiocarbonyl (C=S) groups is 1. The van der Waals surface area contributed by atoms with Crippen molar-refractivity contribution in [3.63, 3.8) is 0 Å². The van der Waals surface area contributed by atoms with Crippen molar-refractivity contribution in [2.45, 2.75) is 6.92 Å². The summed E-state index contributed by atoms with van der Waals surface area (Å²) in [4.78, 5) is 41.4. The monoisotopic (exact) mass is 423 g/mol. The molecule has 0 saturated carbocycles. The molecule has 146 valence electrons. The lowest BCUT2D eigenvalue weighted by molar-refractivity contribution is -0.121. The predicted octanol–water partition coefficient (Wildman–Crippen LogP) is 3.18. The van der Waals surface area contributed by atoms with Crippen LogP contribution in [0.15, 0.2) is 53.4 Å². The van der Waals surface area contributed by atoms with E-state index in [1.807, 2.05) is 25.1 Å². The minimum atomic E-state index is -0.375. The van der Waals surface area contributed by atoms with Crippen LogP contribution in [0.4, 0.5) is 11.4 Å². The van der Waals surface area contributed by atoms with Crippen LogP contribution in [0.5, 0.6) is 0 Å². The SMILES string of the molecule is Cc1cccc(NC(=O)CN2C(=O)/C(=C3\SC(=S)N(C)C3=O)c3ccccc32)c1. The number of nitrogens with one attached hydrogen (secondary N) is 1. The molecule has 1 saturated heterocycles. The third-order valence-corrected chi connectivity index (χ3v) is 6.27. The first-order valence-electron chi connectivity index (χ1n) is 8.88. The van der Waals surface area contributed by atoms with Crippen LogP contribution in [0.1, 0.15) is 11.1 Å². The highest BCUT2D eigenvalue weighted by molar-refractivity contribution is 8.26. The van der Waals surface area contributed by atoms with Gasteiger partial charge in [-0.05, 0) is 30.7 Å². The number of rotatable bonds is 3. The van der Waals surface area contributed by atoms with Crippen LogP contribution in [0.25, 0.3) is 5.57 Å². The second kappa shape index (κ2) is 7.46. The molecule has 2 aliphatic rings. The van der Waals surface area contributed by atoms with Gasteiger partial charge in [-0.1, -0.05) is 54.3 Å². The average Bonchev–Trinajstić information content (AvgIpc) is 3.10. The molecule has 2 aromatic rings. The number of carbonyl (C=O) groups excluding carboxylic acids is 3. The second-order valence-corrected chi connectivity index (χ2v) is 8.41. The lowest BCUT2D eigenvalue weighted by atomic mass is 10.1. The summed E-state index contributed by atoms with van der Waals surface area (Å²) in [6.45, 7) is 1.78. The predicted molar refractivity (Wildman–Crippen MR) is 118 cm³/mol. The minimum Gasteiger partial charge on any atom is -0.325 e. The van der Waals surface area contributed by atoms with Crippen LogP contribution < -0.4 is 10.2 Å². The average molecular weight is 424 g/mol. The Morgan fingerprint density at radius 2 is 1.86 bits per heavy atom. The number of likely N-dealkylation sites (N-methyl/N-ethyl adjacent to an activating group) is 1. The molecule has 4 rings (SSSR count). The fraction of sp³-hybridized carbons (Fsp3) is 0.143. The van der Waals surface area contributed by atoms with Gasteiger partial charge in [0.15, 0.2) is 0 Å². The first kappa shape index (κ1) is 19.4. The Labute approximate surface area is 177 Å². The fourth-order valence-electron chi connectivity index (χ4n) is 3.32. The van der Waals surface area contributed by atoms with Crippen LogP contribution in [-0.4, -0.2) is 40.5 Å². The van der Waals surface area contributed by atoms with Gasteiger partial charge in [0.1, 0.15) is 10.9 Å². The lowest BCUT2D eigenvalue weighted by Crippen LogP contribution is -2.35. The van der Waals surface area contributed by atoms with Gasteiger partial charge in [-0.15, -0.1) is 0 Å². The van der Waals surface area contributed by atoms with Gasteiger partial charge >= 0.3 is 0 Å². The number of aryl methyl sites for hydroxylation is 1. The molecule has 0 aromatic heterocycles. The molecule has 0 unspecified atom stereocenters. The summed E-state index contributed by atoms with van der Waals surface area (Å²) in [5.41, 5.74) is 3.23. The van der Waals surface area contributed by atoms with Crippen molar-refractivity contribution in [2.75, 3.05) is 23.8 Å². The fourth-order valence-corrected chi connectivity index (χ4v) is 4.57. The van der Waals surface area contributed by atoms with Crippen molar-refractivity contribution in [1.29, 1.82) is 0 Å². The molecule has 0 radical (unpaired) electrons. The standard InChI is InChI=1S/C21H17N3O3S2/c1-12-6-5-7-13(10-12)22-16(25)11-24-15-9-4-3-8-14(15)17(19(24)26)18-20(27)23(2)21(28)29-18/h3-10H,11H2,1-2H3,(H,22,25)/b18-17-. The molecule has 2 heterocycles. The van der Waals surface area contributed by atoms with Gasteiger partial charge in [0.25, 0.3) is 11.8 Å². The number of benzene rings is 2. The molecular formula is C21H17N3O3S2. The van der Waals surface area contributed by atoms with Crippen LogP contribution in [0, 0.1) is 6.92 Å². The maximum absolute atomic E-state index is 13.2. The lowest BCUT2D eigenvalue weighted by Gasteiger charge is -2.17. The zero-order valence-electron chi connectivity index (χ0n) is 15.8. The van der Waals surface area contributed by atoms with E-state index < -0.39 is 0 Å². The van der Waals surface area contributed by atoms with Gasteiger partial charge in [-0.3, -0.25) is 24.2 Å². The van der Waals surface area contributed by atoms with Crippen molar-refractivity contribution >= 4 is 63.0 Å². The summed E-state index contributed by atoms with van der Waals surface area (Å²) >= 11 is 6.31. The number of carbonyl (C=O) groups is 3. The zero-order valence-corrected chi connectivity index (χ0v) is 17.4. The summed E-state index contributed by atoms with van der Waals surface area (Å²) in [5, 5.41) is 2.82. The van der Waals surface area contributed by atoms with Crippen LogP contribution >= 0.6 is 24.0 Å². The summed E-state index contributed by atoms with van der Waals surface area (Å²) < 4.78 is 0.401. The van der Waals surface area contributed by atoms with Crippen LogP contribution in [-0.2, 0) is 14.4 Å². The number of fused-ring (bicyclic) bond motifs is 1. The Balaban J connectivity index is 1.66. The molecule has 3 amide bonds. The quantitative estimate of drug-likeness (QED) is 0.607. The summed E-state index contributed by atoms with van der Waals surface area (Å²) in [6, 6.07) is 14.6. The molecule has 8 heteroatoms. The van der Waals surface area contributed by atoms with Gasteiger partial charge in [0.05, 0.1) is 16.2 Å². The van der Waals surface area contributed by atoms with Crippen molar-refractivity contribution < 1.29 is 14.4 Å². The number of para-hydroxylation sites is 1. The summed E-state index contributed by atoms with van der Waals surface area (Å²) in [7, 11) is 1.59. The molecule has 0 atom stereocenters. The molecular weight excluding hydrogens is 406 g/mol. The number of nitrogens with zero attached hydrogens (tertiary/aromatic N) is 2. The molecule has 0 spiro atoms.